The molecular formula is C19H17ClN2O3. The monoisotopic (exact) mass is 356 g/mol. The molecule has 128 valence electrons. The molecule has 25 heavy (non-hydrogen) atoms. The number of aryl methyl sites for hydroxylation is 1. The van der Waals surface area contributed by atoms with E-state index in [4.69, 9.17) is 16.3 Å². The number of hydrogen-bond donors (Lipinski definition) is 0. The van der Waals surface area contributed by atoms with Gasteiger partial charge in [-0.3, -0.25) is 4.79 Å². The van der Waals surface area contributed by atoms with Crippen molar-refractivity contribution in [3.63, 3.8) is 0 Å². The summed E-state index contributed by atoms with van der Waals surface area (Å²) in [4.78, 5) is 25.2. The number of carbonyl (C=O) groups excluding carboxylic acids is 1. The highest BCUT2D eigenvalue weighted by Gasteiger charge is 2.18. The van der Waals surface area contributed by atoms with E-state index >= 15 is 0 Å². The standard InChI is InChI=1S/C19H17ClN2O3/c1-2-3-11-22-18(23)16-10-5-4-9-15(16)17(21-22)19(24)25-14-8-6-7-13(20)12-14/h4-10,12H,2-3,11H2,1H3. The molecule has 2 aromatic carbocycles. The summed E-state index contributed by atoms with van der Waals surface area (Å²) in [5.74, 6) is -0.293. The maximum atomic E-state index is 12.6. The van der Waals surface area contributed by atoms with Crippen molar-refractivity contribution in [2.24, 2.45) is 0 Å². The molecule has 0 bridgehead atoms. The van der Waals surface area contributed by atoms with Crippen LogP contribution in [0.5, 0.6) is 5.75 Å². The molecule has 0 atom stereocenters. The fraction of sp³-hybridized carbons (Fsp3) is 0.211. The number of hydrogen-bond acceptors (Lipinski definition) is 4. The molecule has 1 heterocycles. The quantitative estimate of drug-likeness (QED) is 0.510. The smallest absolute Gasteiger partial charge is 0.364 e. The first-order chi connectivity index (χ1) is 12.1. The van der Waals surface area contributed by atoms with Crippen LogP contribution < -0.4 is 10.3 Å². The minimum atomic E-state index is -0.622. The van der Waals surface area contributed by atoms with Crippen LogP contribution in [-0.2, 0) is 6.54 Å². The minimum absolute atomic E-state index is 0.117. The number of aromatic nitrogens is 2. The fourth-order valence-electron chi connectivity index (χ4n) is 2.53. The number of carbonyl (C=O) groups is 1. The lowest BCUT2D eigenvalue weighted by atomic mass is 10.1. The van der Waals surface area contributed by atoms with Crippen LogP contribution in [0.15, 0.2) is 53.3 Å². The number of rotatable bonds is 5. The van der Waals surface area contributed by atoms with Gasteiger partial charge in [-0.15, -0.1) is 0 Å². The Morgan fingerprint density at radius 2 is 1.92 bits per heavy atom. The van der Waals surface area contributed by atoms with Crippen LogP contribution in [0.3, 0.4) is 0 Å². The molecule has 0 aliphatic rings. The van der Waals surface area contributed by atoms with Crippen molar-refractivity contribution in [3.8, 4) is 5.75 Å². The number of nitrogens with zero attached hydrogens (tertiary/aromatic N) is 2. The van der Waals surface area contributed by atoms with Crippen molar-refractivity contribution in [3.05, 3.63) is 69.6 Å². The second-order valence-corrected chi connectivity index (χ2v) is 6.06. The normalized spacial score (nSPS) is 10.8. The average molecular weight is 357 g/mol. The summed E-state index contributed by atoms with van der Waals surface area (Å²) < 4.78 is 6.72. The minimum Gasteiger partial charge on any atom is -0.422 e. The van der Waals surface area contributed by atoms with E-state index in [9.17, 15) is 9.59 Å². The molecule has 0 saturated heterocycles. The summed E-state index contributed by atoms with van der Waals surface area (Å²) in [7, 11) is 0. The number of ether oxygens (including phenoxy) is 1. The third-order valence-corrected chi connectivity index (χ3v) is 4.03. The first kappa shape index (κ1) is 17.2. The third kappa shape index (κ3) is 3.72. The molecule has 3 rings (SSSR count). The Morgan fingerprint density at radius 3 is 2.64 bits per heavy atom. The molecule has 0 N–H and O–H groups in total. The van der Waals surface area contributed by atoms with Crippen LogP contribution in [-0.4, -0.2) is 15.7 Å². The first-order valence-corrected chi connectivity index (χ1v) is 8.45. The van der Waals surface area contributed by atoms with Crippen LogP contribution >= 0.6 is 11.6 Å². The van der Waals surface area contributed by atoms with Crippen LogP contribution in [0.25, 0.3) is 10.8 Å². The molecule has 0 fully saturated rings. The fourth-order valence-corrected chi connectivity index (χ4v) is 2.71. The summed E-state index contributed by atoms with van der Waals surface area (Å²) in [6.07, 6.45) is 1.72. The van der Waals surface area contributed by atoms with E-state index in [0.29, 0.717) is 28.1 Å². The molecule has 5 nitrogen and oxygen atoms in total. The number of unbranched alkanes of at least 4 members (excludes halogenated alkanes) is 1. The summed E-state index contributed by atoms with van der Waals surface area (Å²) in [5, 5.41) is 5.65. The molecule has 0 radical (unpaired) electrons. The molecule has 3 aromatic rings. The number of halogens is 1. The van der Waals surface area contributed by atoms with E-state index < -0.39 is 5.97 Å². The van der Waals surface area contributed by atoms with Gasteiger partial charge in [0.05, 0.1) is 5.39 Å². The van der Waals surface area contributed by atoms with E-state index in [0.717, 1.165) is 12.8 Å². The van der Waals surface area contributed by atoms with Crippen molar-refractivity contribution in [2.45, 2.75) is 26.3 Å². The van der Waals surface area contributed by atoms with Gasteiger partial charge in [0.1, 0.15) is 5.75 Å². The highest BCUT2D eigenvalue weighted by Crippen LogP contribution is 2.20. The second kappa shape index (κ2) is 7.49. The van der Waals surface area contributed by atoms with Crippen molar-refractivity contribution >= 4 is 28.3 Å². The Morgan fingerprint density at radius 1 is 1.16 bits per heavy atom. The van der Waals surface area contributed by atoms with Crippen LogP contribution in [0.2, 0.25) is 5.02 Å². The maximum absolute atomic E-state index is 12.6. The third-order valence-electron chi connectivity index (χ3n) is 3.79. The van der Waals surface area contributed by atoms with E-state index in [1.54, 1.807) is 48.5 Å². The Kier molecular flexibility index (Phi) is 5.14. The highest BCUT2D eigenvalue weighted by molar-refractivity contribution is 6.30. The van der Waals surface area contributed by atoms with Gasteiger partial charge >= 0.3 is 5.97 Å². The lowest BCUT2D eigenvalue weighted by Gasteiger charge is -2.10. The average Bonchev–Trinajstić information content (AvgIpc) is 2.61. The maximum Gasteiger partial charge on any atom is 0.364 e. The SMILES string of the molecule is CCCCn1nc(C(=O)Oc2cccc(Cl)c2)c2ccccc2c1=O. The zero-order valence-corrected chi connectivity index (χ0v) is 14.5. The van der Waals surface area contributed by atoms with Gasteiger partial charge in [0.2, 0.25) is 0 Å². The Labute approximate surface area is 149 Å². The van der Waals surface area contributed by atoms with Gasteiger partial charge in [-0.1, -0.05) is 49.2 Å². The van der Waals surface area contributed by atoms with E-state index in [2.05, 4.69) is 5.10 Å². The van der Waals surface area contributed by atoms with Crippen molar-refractivity contribution in [2.75, 3.05) is 0 Å². The Hall–Kier alpha value is -2.66. The van der Waals surface area contributed by atoms with Crippen molar-refractivity contribution < 1.29 is 9.53 Å². The van der Waals surface area contributed by atoms with Gasteiger partial charge < -0.3 is 4.74 Å². The zero-order chi connectivity index (χ0) is 17.8. The summed E-state index contributed by atoms with van der Waals surface area (Å²) in [6.45, 7) is 2.48. The lowest BCUT2D eigenvalue weighted by Crippen LogP contribution is -2.27. The largest absolute Gasteiger partial charge is 0.422 e. The zero-order valence-electron chi connectivity index (χ0n) is 13.7. The van der Waals surface area contributed by atoms with E-state index in [1.165, 1.54) is 4.68 Å². The number of fused-ring (bicyclic) bond motifs is 1. The summed E-state index contributed by atoms with van der Waals surface area (Å²) in [6, 6.07) is 13.5. The van der Waals surface area contributed by atoms with Gasteiger partial charge in [0.15, 0.2) is 5.69 Å². The molecule has 1 aromatic heterocycles. The molecule has 0 unspecified atom stereocenters. The predicted octanol–water partition coefficient (Wildman–Crippen LogP) is 4.07. The molecule has 0 spiro atoms. The predicted molar refractivity (Wildman–Crippen MR) is 97.3 cm³/mol. The van der Waals surface area contributed by atoms with Crippen LogP contribution in [0, 0.1) is 0 Å². The van der Waals surface area contributed by atoms with E-state index in [1.807, 2.05) is 6.92 Å². The van der Waals surface area contributed by atoms with Gasteiger partial charge in [0, 0.05) is 17.0 Å². The van der Waals surface area contributed by atoms with Gasteiger partial charge in [-0.25, -0.2) is 9.48 Å². The topological polar surface area (TPSA) is 61.2 Å². The van der Waals surface area contributed by atoms with Crippen LogP contribution in [0.1, 0.15) is 30.3 Å². The molecular weight excluding hydrogens is 340 g/mol. The van der Waals surface area contributed by atoms with Crippen LogP contribution in [0.4, 0.5) is 0 Å². The summed E-state index contributed by atoms with van der Waals surface area (Å²) in [5.41, 5.74) is -0.0883. The lowest BCUT2D eigenvalue weighted by molar-refractivity contribution is 0.0728. The number of benzene rings is 2. The Balaban J connectivity index is 2.06. The van der Waals surface area contributed by atoms with Crippen molar-refractivity contribution in [1.29, 1.82) is 0 Å². The molecule has 0 amide bonds. The van der Waals surface area contributed by atoms with Gasteiger partial charge in [-0.05, 0) is 30.7 Å². The number of esters is 1. The second-order valence-electron chi connectivity index (χ2n) is 5.62. The first-order valence-electron chi connectivity index (χ1n) is 8.07. The van der Waals surface area contributed by atoms with E-state index in [-0.39, 0.29) is 11.3 Å². The molecule has 6 heteroatoms. The van der Waals surface area contributed by atoms with Gasteiger partial charge in [-0.2, -0.15) is 5.10 Å². The summed E-state index contributed by atoms with van der Waals surface area (Å²) >= 11 is 5.92. The highest BCUT2D eigenvalue weighted by atomic mass is 35.5. The Bertz CT molecular complexity index is 982. The van der Waals surface area contributed by atoms with Crippen molar-refractivity contribution in [1.82, 2.24) is 9.78 Å². The van der Waals surface area contributed by atoms with Gasteiger partial charge in [0.25, 0.3) is 5.56 Å². The molecule has 0 saturated carbocycles. The molecule has 0 aliphatic carbocycles. The molecule has 0 aliphatic heterocycles.